The number of nitrogens with one attached hydrogen (secondary N) is 2. The van der Waals surface area contributed by atoms with Crippen LogP contribution in [0.3, 0.4) is 0 Å². The summed E-state index contributed by atoms with van der Waals surface area (Å²) in [5, 5.41) is 9.97. The van der Waals surface area contributed by atoms with Crippen molar-refractivity contribution in [1.82, 2.24) is 20.4 Å². The number of methoxy groups -OCH3 is 1. The number of carbonyl (C=O) groups is 2. The van der Waals surface area contributed by atoms with Gasteiger partial charge in [-0.15, -0.1) is 0 Å². The molecule has 9 heteroatoms. The number of hydrogen-bond acceptors (Lipinski definition) is 4. The van der Waals surface area contributed by atoms with Crippen molar-refractivity contribution in [2.24, 2.45) is 0 Å². The maximum absolute atomic E-state index is 13.1. The Labute approximate surface area is 184 Å². The summed E-state index contributed by atoms with van der Waals surface area (Å²) >= 11 is 6.36. The van der Waals surface area contributed by atoms with Gasteiger partial charge in [-0.2, -0.15) is 5.10 Å². The van der Waals surface area contributed by atoms with E-state index in [-0.39, 0.29) is 41.4 Å². The number of amides is 2. The number of halogens is 2. The Morgan fingerprint density at radius 3 is 2.26 bits per heavy atom. The Balaban J connectivity index is 1.53. The molecule has 0 aliphatic heterocycles. The van der Waals surface area contributed by atoms with E-state index in [0.717, 1.165) is 5.56 Å². The standard InChI is InChI=1S/C22H22ClFN4O3/c1-14-19(20(23)28(27-14)13-15-3-7-17(24)8-4-15)22(30)26-12-11-25-21(29)16-5-9-18(31-2)10-6-16/h3-10H,11-13H2,1-2H3,(H,25,29)(H,26,30). The summed E-state index contributed by atoms with van der Waals surface area (Å²) in [7, 11) is 1.55. The van der Waals surface area contributed by atoms with Gasteiger partial charge >= 0.3 is 0 Å². The van der Waals surface area contributed by atoms with Crippen LogP contribution in [0.1, 0.15) is 32.0 Å². The Morgan fingerprint density at radius 1 is 1.03 bits per heavy atom. The molecule has 2 amide bonds. The van der Waals surface area contributed by atoms with Gasteiger partial charge in [0.2, 0.25) is 0 Å². The fraction of sp³-hybridized carbons (Fsp3) is 0.227. The lowest BCUT2D eigenvalue weighted by molar-refractivity contribution is 0.0927. The molecule has 2 N–H and O–H groups in total. The molecule has 3 rings (SSSR count). The van der Waals surface area contributed by atoms with Crippen LogP contribution in [0.2, 0.25) is 5.15 Å². The van der Waals surface area contributed by atoms with Gasteiger partial charge in [0.05, 0.1) is 24.9 Å². The maximum atomic E-state index is 13.1. The van der Waals surface area contributed by atoms with E-state index in [4.69, 9.17) is 16.3 Å². The highest BCUT2D eigenvalue weighted by Crippen LogP contribution is 2.21. The summed E-state index contributed by atoms with van der Waals surface area (Å²) in [6.45, 7) is 2.47. The molecule has 31 heavy (non-hydrogen) atoms. The zero-order chi connectivity index (χ0) is 22.4. The molecular weight excluding hydrogens is 423 g/mol. The van der Waals surface area contributed by atoms with E-state index in [2.05, 4.69) is 15.7 Å². The minimum atomic E-state index is -0.383. The molecule has 0 fully saturated rings. The van der Waals surface area contributed by atoms with Crippen LogP contribution in [-0.2, 0) is 6.54 Å². The first-order chi connectivity index (χ1) is 14.9. The number of benzene rings is 2. The first-order valence-corrected chi connectivity index (χ1v) is 9.94. The molecule has 0 saturated heterocycles. The molecule has 3 aromatic rings. The Morgan fingerprint density at radius 2 is 1.65 bits per heavy atom. The second-order valence-corrected chi connectivity index (χ2v) is 7.13. The van der Waals surface area contributed by atoms with Gasteiger partial charge in [0.25, 0.3) is 11.8 Å². The van der Waals surface area contributed by atoms with E-state index in [1.165, 1.54) is 16.8 Å². The predicted molar refractivity (Wildman–Crippen MR) is 115 cm³/mol. The van der Waals surface area contributed by atoms with E-state index in [0.29, 0.717) is 23.6 Å². The van der Waals surface area contributed by atoms with Crippen LogP contribution in [0.25, 0.3) is 0 Å². The minimum absolute atomic E-state index is 0.196. The Hall–Kier alpha value is -3.39. The highest BCUT2D eigenvalue weighted by atomic mass is 35.5. The van der Waals surface area contributed by atoms with Crippen molar-refractivity contribution < 1.29 is 18.7 Å². The third-order valence-electron chi connectivity index (χ3n) is 4.59. The van der Waals surface area contributed by atoms with Gasteiger partial charge in [0.1, 0.15) is 16.7 Å². The van der Waals surface area contributed by atoms with Gasteiger partial charge in [0, 0.05) is 18.7 Å². The van der Waals surface area contributed by atoms with E-state index in [9.17, 15) is 14.0 Å². The normalized spacial score (nSPS) is 10.6. The van der Waals surface area contributed by atoms with Crippen molar-refractivity contribution >= 4 is 23.4 Å². The lowest BCUT2D eigenvalue weighted by Crippen LogP contribution is -2.34. The van der Waals surface area contributed by atoms with Crippen LogP contribution < -0.4 is 15.4 Å². The average Bonchev–Trinajstić information content (AvgIpc) is 3.05. The zero-order valence-corrected chi connectivity index (χ0v) is 17.9. The highest BCUT2D eigenvalue weighted by molar-refractivity contribution is 6.33. The lowest BCUT2D eigenvalue weighted by atomic mass is 10.2. The van der Waals surface area contributed by atoms with Gasteiger partial charge in [-0.25, -0.2) is 9.07 Å². The van der Waals surface area contributed by atoms with Gasteiger partial charge in [0.15, 0.2) is 0 Å². The monoisotopic (exact) mass is 444 g/mol. The topological polar surface area (TPSA) is 85.2 Å². The molecule has 162 valence electrons. The molecule has 0 aliphatic rings. The Bertz CT molecular complexity index is 1070. The molecule has 2 aromatic carbocycles. The van der Waals surface area contributed by atoms with Crippen molar-refractivity contribution in [3.05, 3.63) is 81.9 Å². The van der Waals surface area contributed by atoms with E-state index in [1.54, 1.807) is 50.4 Å². The minimum Gasteiger partial charge on any atom is -0.497 e. The summed E-state index contributed by atoms with van der Waals surface area (Å²) < 4.78 is 19.6. The molecular formula is C22H22ClFN4O3. The van der Waals surface area contributed by atoms with Crippen molar-refractivity contribution in [3.8, 4) is 5.75 Å². The number of aryl methyl sites for hydroxylation is 1. The SMILES string of the molecule is COc1ccc(C(=O)NCCNC(=O)c2c(C)nn(Cc3ccc(F)cc3)c2Cl)cc1. The first-order valence-electron chi connectivity index (χ1n) is 9.57. The van der Waals surface area contributed by atoms with E-state index in [1.807, 2.05) is 0 Å². The maximum Gasteiger partial charge on any atom is 0.256 e. The van der Waals surface area contributed by atoms with Gasteiger partial charge < -0.3 is 15.4 Å². The van der Waals surface area contributed by atoms with Crippen LogP contribution >= 0.6 is 11.6 Å². The summed E-state index contributed by atoms with van der Waals surface area (Å²) in [5.41, 5.74) is 2.05. The summed E-state index contributed by atoms with van der Waals surface area (Å²) in [6.07, 6.45) is 0. The lowest BCUT2D eigenvalue weighted by Gasteiger charge is -2.08. The van der Waals surface area contributed by atoms with Gasteiger partial charge in [-0.05, 0) is 48.9 Å². The molecule has 0 radical (unpaired) electrons. The average molecular weight is 445 g/mol. The smallest absolute Gasteiger partial charge is 0.256 e. The second-order valence-electron chi connectivity index (χ2n) is 6.78. The molecule has 0 bridgehead atoms. The number of nitrogens with zero attached hydrogens (tertiary/aromatic N) is 2. The molecule has 0 unspecified atom stereocenters. The number of hydrogen-bond donors (Lipinski definition) is 2. The molecule has 0 aliphatic carbocycles. The number of aromatic nitrogens is 2. The number of ether oxygens (including phenoxy) is 1. The van der Waals surface area contributed by atoms with Crippen LogP contribution in [0, 0.1) is 12.7 Å². The summed E-state index contributed by atoms with van der Waals surface area (Å²) in [4.78, 5) is 24.7. The van der Waals surface area contributed by atoms with Crippen molar-refractivity contribution in [2.45, 2.75) is 13.5 Å². The van der Waals surface area contributed by atoms with Crippen LogP contribution in [0.5, 0.6) is 5.75 Å². The molecule has 0 atom stereocenters. The van der Waals surface area contributed by atoms with Crippen LogP contribution in [0.15, 0.2) is 48.5 Å². The highest BCUT2D eigenvalue weighted by Gasteiger charge is 2.20. The predicted octanol–water partition coefficient (Wildman–Crippen LogP) is 3.20. The third kappa shape index (κ3) is 5.61. The first kappa shape index (κ1) is 22.3. The summed E-state index contributed by atoms with van der Waals surface area (Å²) in [6, 6.07) is 12.7. The van der Waals surface area contributed by atoms with Gasteiger partial charge in [-0.1, -0.05) is 23.7 Å². The van der Waals surface area contributed by atoms with Gasteiger partial charge in [-0.3, -0.25) is 9.59 Å². The molecule has 0 saturated carbocycles. The van der Waals surface area contributed by atoms with E-state index >= 15 is 0 Å². The zero-order valence-electron chi connectivity index (χ0n) is 17.1. The molecule has 0 spiro atoms. The van der Waals surface area contributed by atoms with Crippen molar-refractivity contribution in [1.29, 1.82) is 0 Å². The molecule has 7 nitrogen and oxygen atoms in total. The second kappa shape index (κ2) is 10.1. The quantitative estimate of drug-likeness (QED) is 0.522. The molecule has 1 aromatic heterocycles. The summed E-state index contributed by atoms with van der Waals surface area (Å²) in [5.74, 6) is -0.300. The third-order valence-corrected chi connectivity index (χ3v) is 4.97. The van der Waals surface area contributed by atoms with Crippen molar-refractivity contribution in [3.63, 3.8) is 0 Å². The van der Waals surface area contributed by atoms with Crippen LogP contribution in [0.4, 0.5) is 4.39 Å². The largest absolute Gasteiger partial charge is 0.497 e. The van der Waals surface area contributed by atoms with E-state index < -0.39 is 0 Å². The molecule has 1 heterocycles. The number of rotatable bonds is 8. The fourth-order valence-electron chi connectivity index (χ4n) is 2.96. The van der Waals surface area contributed by atoms with Crippen molar-refractivity contribution in [2.75, 3.05) is 20.2 Å². The number of carbonyl (C=O) groups excluding carboxylic acids is 2. The Kier molecular flexibility index (Phi) is 7.25. The van der Waals surface area contributed by atoms with Crippen LogP contribution in [-0.4, -0.2) is 41.8 Å². The fourth-order valence-corrected chi connectivity index (χ4v) is 3.28.